The van der Waals surface area contributed by atoms with Crippen molar-refractivity contribution in [1.82, 2.24) is 14.5 Å². The second-order valence-corrected chi connectivity index (χ2v) is 16.7. The fourth-order valence-corrected chi connectivity index (χ4v) is 10.5. The highest BCUT2D eigenvalue weighted by molar-refractivity contribution is 7.26. The molecule has 4 heterocycles. The lowest BCUT2D eigenvalue weighted by Crippen LogP contribution is -1.95. The van der Waals surface area contributed by atoms with Crippen molar-refractivity contribution in [3.63, 3.8) is 0 Å². The molecule has 0 spiro atoms. The Bertz CT molecular complexity index is 3860. The molecule has 284 valence electrons. The molecule has 0 aliphatic carbocycles. The van der Waals surface area contributed by atoms with Gasteiger partial charge in [0.2, 0.25) is 0 Å². The number of hydrogen-bond acceptors (Lipinski definition) is 4. The van der Waals surface area contributed by atoms with Gasteiger partial charge in [-0.05, 0) is 87.6 Å². The fraction of sp³-hybridized carbons (Fsp3) is 0. The van der Waals surface area contributed by atoms with Gasteiger partial charge in [-0.2, -0.15) is 0 Å². The Morgan fingerprint density at radius 3 is 1.87 bits per heavy atom. The van der Waals surface area contributed by atoms with Gasteiger partial charge in [0.25, 0.3) is 0 Å². The summed E-state index contributed by atoms with van der Waals surface area (Å²) in [6.45, 7) is 0. The van der Waals surface area contributed by atoms with Crippen LogP contribution in [-0.4, -0.2) is 14.5 Å². The van der Waals surface area contributed by atoms with Gasteiger partial charge in [-0.15, -0.1) is 11.3 Å². The first-order valence-corrected chi connectivity index (χ1v) is 21.4. The largest absolute Gasteiger partial charge is 0.456 e. The number of fused-ring (bicyclic) bond motifs is 11. The molecule has 0 saturated heterocycles. The van der Waals surface area contributed by atoms with E-state index in [0.29, 0.717) is 5.82 Å². The van der Waals surface area contributed by atoms with Gasteiger partial charge in [0, 0.05) is 48.4 Å². The summed E-state index contributed by atoms with van der Waals surface area (Å²) < 4.78 is 11.5. The van der Waals surface area contributed by atoms with Crippen LogP contribution in [0.2, 0.25) is 0 Å². The number of nitrogens with zero attached hydrogens (tertiary/aromatic N) is 3. The van der Waals surface area contributed by atoms with E-state index in [1.165, 1.54) is 37.6 Å². The molecule has 9 aromatic carbocycles. The average molecular weight is 796 g/mol. The number of benzene rings is 9. The molecule has 0 bridgehead atoms. The number of furan rings is 1. The van der Waals surface area contributed by atoms with Crippen molar-refractivity contribution in [3.8, 4) is 50.6 Å². The second kappa shape index (κ2) is 13.3. The molecule has 0 unspecified atom stereocenters. The molecule has 0 radical (unpaired) electrons. The predicted octanol–water partition coefficient (Wildman–Crippen LogP) is 15.7. The van der Waals surface area contributed by atoms with Gasteiger partial charge >= 0.3 is 0 Å². The standard InChI is InChI=1S/C56H33N3OS/c1-3-13-34(14-4-1)35-23-25-36(26-24-35)53-55-54(44-20-10-12-22-51(44)61-55)58-56(57-53)46-33-50-52(42-19-8-7-17-40(42)46)43-29-27-38(32-49(43)60-50)37-28-30-48-45(31-37)41-18-9-11-21-47(41)59(48)39-15-5-2-6-16-39/h1-33H. The zero-order chi connectivity index (χ0) is 40.0. The Morgan fingerprint density at radius 2 is 1.03 bits per heavy atom. The van der Waals surface area contributed by atoms with Crippen molar-refractivity contribution in [2.45, 2.75) is 0 Å². The van der Waals surface area contributed by atoms with Gasteiger partial charge in [0.05, 0.1) is 26.9 Å². The van der Waals surface area contributed by atoms with Gasteiger partial charge in [-0.1, -0.05) is 146 Å². The molecule has 0 fully saturated rings. The molecule has 0 aliphatic rings. The van der Waals surface area contributed by atoms with E-state index in [1.807, 2.05) is 0 Å². The van der Waals surface area contributed by atoms with E-state index >= 15 is 0 Å². The topological polar surface area (TPSA) is 43.9 Å². The van der Waals surface area contributed by atoms with E-state index in [2.05, 4.69) is 205 Å². The lowest BCUT2D eigenvalue weighted by molar-refractivity contribution is 0.669. The smallest absolute Gasteiger partial charge is 0.161 e. The maximum absolute atomic E-state index is 6.86. The molecule has 4 aromatic heterocycles. The Kier molecular flexibility index (Phi) is 7.44. The normalized spacial score (nSPS) is 11.9. The predicted molar refractivity (Wildman–Crippen MR) is 256 cm³/mol. The first-order valence-electron chi connectivity index (χ1n) is 20.6. The summed E-state index contributed by atoms with van der Waals surface area (Å²) in [6.07, 6.45) is 0. The molecule has 0 atom stereocenters. The van der Waals surface area contributed by atoms with Crippen LogP contribution in [0, 0.1) is 0 Å². The van der Waals surface area contributed by atoms with Crippen molar-refractivity contribution < 1.29 is 4.42 Å². The summed E-state index contributed by atoms with van der Waals surface area (Å²) >= 11 is 1.75. The molecule has 0 aliphatic heterocycles. The summed E-state index contributed by atoms with van der Waals surface area (Å²) in [7, 11) is 0. The van der Waals surface area contributed by atoms with Gasteiger partial charge in [0.15, 0.2) is 5.82 Å². The molecule has 5 heteroatoms. The quantitative estimate of drug-likeness (QED) is 0.174. The third-order valence-electron chi connectivity index (χ3n) is 12.2. The van der Waals surface area contributed by atoms with Crippen LogP contribution >= 0.6 is 11.3 Å². The minimum atomic E-state index is 0.681. The summed E-state index contributed by atoms with van der Waals surface area (Å²) in [5.41, 5.74) is 13.7. The minimum Gasteiger partial charge on any atom is -0.456 e. The molecule has 0 saturated carbocycles. The highest BCUT2D eigenvalue weighted by atomic mass is 32.1. The number of thiophene rings is 1. The van der Waals surface area contributed by atoms with Crippen molar-refractivity contribution in [1.29, 1.82) is 0 Å². The summed E-state index contributed by atoms with van der Waals surface area (Å²) in [4.78, 5) is 10.8. The maximum atomic E-state index is 6.86. The zero-order valence-corrected chi connectivity index (χ0v) is 33.5. The maximum Gasteiger partial charge on any atom is 0.161 e. The van der Waals surface area contributed by atoms with Crippen LogP contribution in [0.1, 0.15) is 0 Å². The van der Waals surface area contributed by atoms with E-state index < -0.39 is 0 Å². The van der Waals surface area contributed by atoms with Crippen LogP contribution in [0.5, 0.6) is 0 Å². The van der Waals surface area contributed by atoms with E-state index in [1.54, 1.807) is 11.3 Å². The molecular weight excluding hydrogens is 763 g/mol. The van der Waals surface area contributed by atoms with E-state index in [0.717, 1.165) is 81.9 Å². The summed E-state index contributed by atoms with van der Waals surface area (Å²) in [5.74, 6) is 0.681. The Morgan fingerprint density at radius 1 is 0.410 bits per heavy atom. The van der Waals surface area contributed by atoms with Crippen molar-refractivity contribution in [2.24, 2.45) is 0 Å². The van der Waals surface area contributed by atoms with Crippen LogP contribution in [-0.2, 0) is 0 Å². The Hall–Kier alpha value is -7.86. The van der Waals surface area contributed by atoms with Crippen LogP contribution < -0.4 is 0 Å². The van der Waals surface area contributed by atoms with E-state index in [9.17, 15) is 0 Å². The lowest BCUT2D eigenvalue weighted by atomic mass is 9.97. The summed E-state index contributed by atoms with van der Waals surface area (Å²) in [5, 5.41) is 7.98. The molecular formula is C56H33N3OS. The van der Waals surface area contributed by atoms with Gasteiger partial charge < -0.3 is 8.98 Å². The zero-order valence-electron chi connectivity index (χ0n) is 32.7. The van der Waals surface area contributed by atoms with Crippen LogP contribution in [0.3, 0.4) is 0 Å². The Labute approximate surface area is 354 Å². The van der Waals surface area contributed by atoms with Gasteiger partial charge in [-0.3, -0.25) is 0 Å². The monoisotopic (exact) mass is 795 g/mol. The molecule has 13 rings (SSSR count). The van der Waals surface area contributed by atoms with Crippen LogP contribution in [0.4, 0.5) is 0 Å². The van der Waals surface area contributed by atoms with Gasteiger partial charge in [-0.25, -0.2) is 9.97 Å². The third kappa shape index (κ3) is 5.31. The lowest BCUT2D eigenvalue weighted by Gasteiger charge is -2.11. The van der Waals surface area contributed by atoms with Crippen molar-refractivity contribution in [3.05, 3.63) is 200 Å². The van der Waals surface area contributed by atoms with Crippen LogP contribution in [0.25, 0.3) is 125 Å². The average Bonchev–Trinajstić information content (AvgIpc) is 4.01. The number of rotatable bonds is 5. The molecule has 0 amide bonds. The van der Waals surface area contributed by atoms with E-state index in [-0.39, 0.29) is 0 Å². The SMILES string of the molecule is c1ccc(-c2ccc(-c3nc(-c4cc5oc6cc(-c7ccc8c(c7)c7ccccc7n8-c7ccccc7)ccc6c5c5ccccc45)nc4c3sc3ccccc34)cc2)cc1. The molecule has 61 heavy (non-hydrogen) atoms. The van der Waals surface area contributed by atoms with Crippen molar-refractivity contribution >= 4 is 86.2 Å². The van der Waals surface area contributed by atoms with Crippen LogP contribution in [0.15, 0.2) is 205 Å². The van der Waals surface area contributed by atoms with Gasteiger partial charge in [0.1, 0.15) is 11.2 Å². The number of aromatic nitrogens is 3. The number of hydrogen-bond donors (Lipinski definition) is 0. The first-order chi connectivity index (χ1) is 30.2. The molecule has 4 nitrogen and oxygen atoms in total. The highest BCUT2D eigenvalue weighted by Crippen LogP contribution is 2.44. The first kappa shape index (κ1) is 34.0. The van der Waals surface area contributed by atoms with E-state index in [4.69, 9.17) is 14.4 Å². The number of para-hydroxylation sites is 2. The molecule has 13 aromatic rings. The minimum absolute atomic E-state index is 0.681. The fourth-order valence-electron chi connectivity index (χ4n) is 9.37. The second-order valence-electron chi connectivity index (χ2n) is 15.7. The summed E-state index contributed by atoms with van der Waals surface area (Å²) in [6, 6.07) is 71.2. The molecule has 0 N–H and O–H groups in total. The highest BCUT2D eigenvalue weighted by Gasteiger charge is 2.21. The van der Waals surface area contributed by atoms with Crippen molar-refractivity contribution in [2.75, 3.05) is 0 Å². The Balaban J connectivity index is 0.978. The third-order valence-corrected chi connectivity index (χ3v) is 13.4.